The van der Waals surface area contributed by atoms with Gasteiger partial charge in [0.15, 0.2) is 0 Å². The first kappa shape index (κ1) is 12.5. The van der Waals surface area contributed by atoms with Gasteiger partial charge >= 0.3 is 0 Å². The molecule has 0 aromatic carbocycles. The van der Waals surface area contributed by atoms with Crippen LogP contribution in [0.5, 0.6) is 0 Å². The van der Waals surface area contributed by atoms with E-state index in [9.17, 15) is 5.11 Å². The topological polar surface area (TPSA) is 23.5 Å². The zero-order valence-electron chi connectivity index (χ0n) is 10.2. The van der Waals surface area contributed by atoms with Gasteiger partial charge in [-0.15, -0.1) is 0 Å². The van der Waals surface area contributed by atoms with Gasteiger partial charge in [0.1, 0.15) is 5.60 Å². The number of nitrogens with zero attached hydrogens (tertiary/aromatic N) is 1. The molecule has 1 fully saturated rings. The Bertz CT molecular complexity index is 241. The minimum Gasteiger partial charge on any atom is -0.378 e. The van der Waals surface area contributed by atoms with E-state index in [1.54, 1.807) is 6.92 Å². The molecule has 86 valence electrons. The van der Waals surface area contributed by atoms with E-state index in [0.717, 1.165) is 6.54 Å². The number of rotatable bonds is 2. The highest BCUT2D eigenvalue weighted by Gasteiger charge is 2.21. The molecule has 2 heteroatoms. The molecule has 0 amide bonds. The fraction of sp³-hybridized carbons (Fsp3) is 0.846. The summed E-state index contributed by atoms with van der Waals surface area (Å²) >= 11 is 0. The summed E-state index contributed by atoms with van der Waals surface area (Å²) < 4.78 is 0. The lowest BCUT2D eigenvalue weighted by Gasteiger charge is -2.24. The predicted molar refractivity (Wildman–Crippen MR) is 63.5 cm³/mol. The molecule has 1 aliphatic rings. The summed E-state index contributed by atoms with van der Waals surface area (Å²) in [6.07, 6.45) is 3.94. The minimum atomic E-state index is -0.838. The van der Waals surface area contributed by atoms with Gasteiger partial charge in [-0.05, 0) is 38.8 Å². The first-order valence-electron chi connectivity index (χ1n) is 5.97. The second kappa shape index (κ2) is 5.53. The molecule has 15 heavy (non-hydrogen) atoms. The lowest BCUT2D eigenvalue weighted by Crippen LogP contribution is -2.31. The van der Waals surface area contributed by atoms with Crippen molar-refractivity contribution >= 4 is 0 Å². The summed E-state index contributed by atoms with van der Waals surface area (Å²) in [5.74, 6) is 6.26. The zero-order valence-corrected chi connectivity index (χ0v) is 10.2. The highest BCUT2D eigenvalue weighted by atomic mass is 16.3. The van der Waals surface area contributed by atoms with Crippen molar-refractivity contribution in [2.45, 2.75) is 45.6 Å². The van der Waals surface area contributed by atoms with Gasteiger partial charge in [-0.2, -0.15) is 0 Å². The first-order valence-corrected chi connectivity index (χ1v) is 5.97. The zero-order chi connectivity index (χ0) is 11.3. The van der Waals surface area contributed by atoms with Crippen LogP contribution in [0.15, 0.2) is 0 Å². The molecule has 1 saturated heterocycles. The van der Waals surface area contributed by atoms with Gasteiger partial charge in [0.25, 0.3) is 0 Å². The molecule has 0 radical (unpaired) electrons. The van der Waals surface area contributed by atoms with Crippen LogP contribution in [0, 0.1) is 17.8 Å². The number of likely N-dealkylation sites (tertiary alicyclic amines) is 1. The van der Waals surface area contributed by atoms with Gasteiger partial charge in [-0.1, -0.05) is 32.1 Å². The van der Waals surface area contributed by atoms with E-state index in [1.807, 2.05) is 13.8 Å². The van der Waals surface area contributed by atoms with Gasteiger partial charge in [-0.25, -0.2) is 0 Å². The van der Waals surface area contributed by atoms with E-state index in [4.69, 9.17) is 0 Å². The second-order valence-corrected chi connectivity index (χ2v) is 4.94. The van der Waals surface area contributed by atoms with Gasteiger partial charge in [0.2, 0.25) is 0 Å². The average molecular weight is 209 g/mol. The SMILES string of the molecule is CC(C)[C@@](C)(O)C#CCN1CCCCC1. The van der Waals surface area contributed by atoms with Crippen molar-refractivity contribution in [2.24, 2.45) is 5.92 Å². The summed E-state index contributed by atoms with van der Waals surface area (Å²) in [6.45, 7) is 8.92. The molecule has 0 aromatic heterocycles. The molecule has 1 N–H and O–H groups in total. The van der Waals surface area contributed by atoms with Crippen LogP contribution in [-0.4, -0.2) is 35.2 Å². The van der Waals surface area contributed by atoms with Crippen molar-refractivity contribution in [3.8, 4) is 11.8 Å². The highest BCUT2D eigenvalue weighted by molar-refractivity contribution is 5.14. The van der Waals surface area contributed by atoms with Gasteiger partial charge < -0.3 is 5.11 Å². The molecule has 0 aliphatic carbocycles. The molecule has 0 unspecified atom stereocenters. The third-order valence-electron chi connectivity index (χ3n) is 3.22. The van der Waals surface area contributed by atoms with Crippen molar-refractivity contribution in [3.63, 3.8) is 0 Å². The van der Waals surface area contributed by atoms with Crippen molar-refractivity contribution in [1.29, 1.82) is 0 Å². The Morgan fingerprint density at radius 2 is 1.87 bits per heavy atom. The maximum atomic E-state index is 9.93. The second-order valence-electron chi connectivity index (χ2n) is 4.94. The summed E-state index contributed by atoms with van der Waals surface area (Å²) in [5, 5.41) is 9.93. The van der Waals surface area contributed by atoms with Gasteiger partial charge in [0, 0.05) is 0 Å². The molecule has 0 aromatic rings. The van der Waals surface area contributed by atoms with Crippen LogP contribution in [0.4, 0.5) is 0 Å². The minimum absolute atomic E-state index is 0.186. The fourth-order valence-electron chi connectivity index (χ4n) is 1.59. The molecule has 1 heterocycles. The Morgan fingerprint density at radius 1 is 1.27 bits per heavy atom. The molecule has 1 atom stereocenters. The van der Waals surface area contributed by atoms with Crippen LogP contribution in [0.2, 0.25) is 0 Å². The Kier molecular flexibility index (Phi) is 4.63. The molecular weight excluding hydrogens is 186 g/mol. The van der Waals surface area contributed by atoms with E-state index >= 15 is 0 Å². The molecule has 0 saturated carbocycles. The van der Waals surface area contributed by atoms with E-state index in [1.165, 1.54) is 32.4 Å². The number of hydrogen-bond donors (Lipinski definition) is 1. The summed E-state index contributed by atoms with van der Waals surface area (Å²) in [6, 6.07) is 0. The average Bonchev–Trinajstić information content (AvgIpc) is 2.19. The Balaban J connectivity index is 2.37. The standard InChI is InChI=1S/C13H23NO/c1-12(2)13(3,15)8-7-11-14-9-5-4-6-10-14/h12,15H,4-6,9-11H2,1-3H3/t13-/m0/s1. The molecule has 1 aliphatic heterocycles. The van der Waals surface area contributed by atoms with Crippen molar-refractivity contribution in [3.05, 3.63) is 0 Å². The van der Waals surface area contributed by atoms with E-state index in [-0.39, 0.29) is 5.92 Å². The van der Waals surface area contributed by atoms with E-state index in [2.05, 4.69) is 16.7 Å². The van der Waals surface area contributed by atoms with Crippen LogP contribution in [-0.2, 0) is 0 Å². The Morgan fingerprint density at radius 3 is 2.40 bits per heavy atom. The Labute approximate surface area is 93.7 Å². The Hall–Kier alpha value is -0.520. The predicted octanol–water partition coefficient (Wildman–Crippen LogP) is 1.88. The first-order chi connectivity index (χ1) is 7.02. The number of aliphatic hydroxyl groups is 1. The lowest BCUT2D eigenvalue weighted by molar-refractivity contribution is 0.0724. The summed E-state index contributed by atoms with van der Waals surface area (Å²) in [4.78, 5) is 2.37. The largest absolute Gasteiger partial charge is 0.378 e. The van der Waals surface area contributed by atoms with E-state index in [0.29, 0.717) is 0 Å². The maximum Gasteiger partial charge on any atom is 0.125 e. The molecular formula is C13H23NO. The normalized spacial score (nSPS) is 21.9. The summed E-state index contributed by atoms with van der Waals surface area (Å²) in [5.41, 5.74) is -0.838. The third-order valence-corrected chi connectivity index (χ3v) is 3.22. The molecule has 1 rings (SSSR count). The highest BCUT2D eigenvalue weighted by Crippen LogP contribution is 2.14. The van der Waals surface area contributed by atoms with Gasteiger partial charge in [-0.3, -0.25) is 4.90 Å². The monoisotopic (exact) mass is 209 g/mol. The quantitative estimate of drug-likeness (QED) is 0.702. The third kappa shape index (κ3) is 4.24. The van der Waals surface area contributed by atoms with Crippen molar-refractivity contribution < 1.29 is 5.11 Å². The molecule has 2 nitrogen and oxygen atoms in total. The fourth-order valence-corrected chi connectivity index (χ4v) is 1.59. The number of hydrogen-bond acceptors (Lipinski definition) is 2. The van der Waals surface area contributed by atoms with Crippen molar-refractivity contribution in [2.75, 3.05) is 19.6 Å². The van der Waals surface area contributed by atoms with Crippen LogP contribution in [0.3, 0.4) is 0 Å². The number of piperidine rings is 1. The van der Waals surface area contributed by atoms with Crippen LogP contribution in [0.25, 0.3) is 0 Å². The van der Waals surface area contributed by atoms with Gasteiger partial charge in [0.05, 0.1) is 6.54 Å². The van der Waals surface area contributed by atoms with Crippen molar-refractivity contribution in [1.82, 2.24) is 4.90 Å². The smallest absolute Gasteiger partial charge is 0.125 e. The maximum absolute atomic E-state index is 9.93. The van der Waals surface area contributed by atoms with Crippen LogP contribution in [0.1, 0.15) is 40.0 Å². The van der Waals surface area contributed by atoms with Crippen LogP contribution < -0.4 is 0 Å². The summed E-state index contributed by atoms with van der Waals surface area (Å²) in [7, 11) is 0. The molecule has 0 bridgehead atoms. The molecule has 0 spiro atoms. The lowest BCUT2D eigenvalue weighted by atomic mass is 9.93. The van der Waals surface area contributed by atoms with E-state index < -0.39 is 5.60 Å². The van der Waals surface area contributed by atoms with Crippen LogP contribution >= 0.6 is 0 Å².